The fraction of sp³-hybridized carbons (Fsp3) is 0.538. The third-order valence-corrected chi connectivity index (χ3v) is 3.90. The summed E-state index contributed by atoms with van der Waals surface area (Å²) in [4.78, 5) is 0. The molecule has 0 aliphatic carbocycles. The van der Waals surface area contributed by atoms with Crippen molar-refractivity contribution in [1.29, 1.82) is 0 Å². The average molecular weight is 240 g/mol. The van der Waals surface area contributed by atoms with Crippen LogP contribution >= 0.6 is 0 Å². The normalized spacial score (nSPS) is 28.6. The Kier molecular flexibility index (Phi) is 3.45. The van der Waals surface area contributed by atoms with E-state index in [0.29, 0.717) is 16.7 Å². The van der Waals surface area contributed by atoms with Gasteiger partial charge in [-0.1, -0.05) is 0 Å². The summed E-state index contributed by atoms with van der Waals surface area (Å²) in [7, 11) is 1.95. The molecular weight excluding hydrogens is 222 g/mol. The molecule has 93 valence electrons. The lowest BCUT2D eigenvalue weighted by Crippen LogP contribution is -2.50. The monoisotopic (exact) mass is 240 g/mol. The maximum absolute atomic E-state index is 13.9. The van der Waals surface area contributed by atoms with Crippen LogP contribution in [0.25, 0.3) is 0 Å². The molecule has 0 amide bonds. The van der Waals surface area contributed by atoms with E-state index < -0.39 is 5.82 Å². The number of hydrogen-bond donors (Lipinski definition) is 0. The summed E-state index contributed by atoms with van der Waals surface area (Å²) in [5.74, 6) is -0.733. The van der Waals surface area contributed by atoms with E-state index in [-0.39, 0.29) is 11.9 Å². The molecule has 0 saturated carbocycles. The molecule has 1 aromatic rings. The Morgan fingerprint density at radius 1 is 1.41 bits per heavy atom. The van der Waals surface area contributed by atoms with Crippen molar-refractivity contribution in [3.8, 4) is 0 Å². The van der Waals surface area contributed by atoms with Crippen LogP contribution in [0.4, 0.5) is 14.5 Å². The molecule has 1 aliphatic rings. The topological polar surface area (TPSA) is 23.8 Å². The van der Waals surface area contributed by atoms with Crippen LogP contribution in [-0.4, -0.2) is 26.2 Å². The van der Waals surface area contributed by atoms with Crippen LogP contribution in [0, 0.1) is 11.6 Å². The number of benzene rings is 1. The fourth-order valence-electron chi connectivity index (χ4n) is 2.91. The lowest BCUT2D eigenvalue weighted by atomic mass is 10.1. The zero-order valence-electron chi connectivity index (χ0n) is 10.0. The van der Waals surface area contributed by atoms with E-state index in [2.05, 4.69) is 0 Å². The zero-order chi connectivity index (χ0) is 12.5. The summed E-state index contributed by atoms with van der Waals surface area (Å²) in [6.45, 7) is 1.17. The molecule has 0 aromatic heterocycles. The second-order valence-corrected chi connectivity index (χ2v) is 4.92. The minimum Gasteiger partial charge on any atom is -0.288 e. The molecule has 1 fully saturated rings. The Balaban J connectivity index is 2.39. The maximum Gasteiger partial charge on any atom is 0.184 e. The Morgan fingerprint density at radius 2 is 2.18 bits per heavy atom. The Bertz CT molecular complexity index is 408. The summed E-state index contributed by atoms with van der Waals surface area (Å²) in [5, 5.41) is 0. The van der Waals surface area contributed by atoms with Crippen molar-refractivity contribution in [2.75, 3.05) is 20.1 Å². The highest BCUT2D eigenvalue weighted by molar-refractivity contribution is 5.45. The van der Waals surface area contributed by atoms with Crippen molar-refractivity contribution in [3.63, 3.8) is 0 Å². The highest BCUT2D eigenvalue weighted by atomic mass is 19.1. The van der Waals surface area contributed by atoms with Gasteiger partial charge in [-0.2, -0.15) is 0 Å². The van der Waals surface area contributed by atoms with Gasteiger partial charge in [-0.05, 0) is 12.1 Å². The SMILES string of the molecule is C[N+]1(c2cc(F)ccc2F)CCCC1CC[NH]. The van der Waals surface area contributed by atoms with E-state index in [1.54, 1.807) is 0 Å². The van der Waals surface area contributed by atoms with Gasteiger partial charge in [0.15, 0.2) is 11.5 Å². The van der Waals surface area contributed by atoms with E-state index >= 15 is 0 Å². The predicted molar refractivity (Wildman–Crippen MR) is 64.5 cm³/mol. The number of halogens is 2. The molecule has 1 aliphatic heterocycles. The van der Waals surface area contributed by atoms with Gasteiger partial charge in [0.1, 0.15) is 5.82 Å². The fourth-order valence-corrected chi connectivity index (χ4v) is 2.91. The highest BCUT2D eigenvalue weighted by Crippen LogP contribution is 2.36. The molecule has 0 spiro atoms. The van der Waals surface area contributed by atoms with Crippen molar-refractivity contribution in [2.24, 2.45) is 0 Å². The van der Waals surface area contributed by atoms with Crippen molar-refractivity contribution in [2.45, 2.75) is 25.3 Å². The van der Waals surface area contributed by atoms with E-state index in [0.717, 1.165) is 31.9 Å². The molecule has 1 aromatic carbocycles. The number of nitrogens with zero attached hydrogens (tertiary/aromatic N) is 1. The standard InChI is InChI=1S/C13H18F2N2/c1-17(8-2-3-11(17)6-7-16)13-9-10(14)4-5-12(13)15/h4-5,9,11,16H,2-3,6-8H2,1H3/q+1. The smallest absolute Gasteiger partial charge is 0.184 e. The lowest BCUT2D eigenvalue weighted by Gasteiger charge is -2.35. The van der Waals surface area contributed by atoms with Crippen molar-refractivity contribution in [1.82, 2.24) is 10.2 Å². The van der Waals surface area contributed by atoms with Crippen molar-refractivity contribution < 1.29 is 8.78 Å². The van der Waals surface area contributed by atoms with Crippen LogP contribution in [0.15, 0.2) is 18.2 Å². The first-order chi connectivity index (χ1) is 8.08. The molecule has 1 N–H and O–H groups in total. The third-order valence-electron chi connectivity index (χ3n) is 3.90. The van der Waals surface area contributed by atoms with Crippen LogP contribution in [0.5, 0.6) is 0 Å². The first-order valence-corrected chi connectivity index (χ1v) is 6.03. The molecule has 2 atom stereocenters. The van der Waals surface area contributed by atoms with E-state index in [1.807, 2.05) is 7.05 Å². The number of nitrogens with one attached hydrogen (secondary N) is 1. The first kappa shape index (κ1) is 12.5. The molecule has 2 unspecified atom stereocenters. The Labute approximate surface area is 101 Å². The number of hydrogen-bond acceptors (Lipinski definition) is 0. The van der Waals surface area contributed by atoms with Gasteiger partial charge in [0.25, 0.3) is 0 Å². The lowest BCUT2D eigenvalue weighted by molar-refractivity contribution is 0.285. The van der Waals surface area contributed by atoms with Crippen LogP contribution in [0.1, 0.15) is 19.3 Å². The second kappa shape index (κ2) is 4.70. The summed E-state index contributed by atoms with van der Waals surface area (Å²) in [5.41, 5.74) is 7.76. The molecule has 1 radical (unpaired) electrons. The van der Waals surface area contributed by atoms with E-state index in [1.165, 1.54) is 12.1 Å². The third kappa shape index (κ3) is 2.19. The maximum atomic E-state index is 13.9. The van der Waals surface area contributed by atoms with Crippen molar-refractivity contribution in [3.05, 3.63) is 29.8 Å². The largest absolute Gasteiger partial charge is 0.288 e. The van der Waals surface area contributed by atoms with Crippen LogP contribution in [0.3, 0.4) is 0 Å². The van der Waals surface area contributed by atoms with Crippen LogP contribution in [0.2, 0.25) is 0 Å². The minimum absolute atomic E-state index is 0.240. The summed E-state index contributed by atoms with van der Waals surface area (Å²) >= 11 is 0. The van der Waals surface area contributed by atoms with Crippen LogP contribution in [-0.2, 0) is 0 Å². The quantitative estimate of drug-likeness (QED) is 0.725. The number of rotatable bonds is 3. The molecule has 2 nitrogen and oxygen atoms in total. The van der Waals surface area contributed by atoms with Gasteiger partial charge in [0, 0.05) is 31.9 Å². The average Bonchev–Trinajstić information content (AvgIpc) is 2.66. The Hall–Kier alpha value is -1.00. The second-order valence-electron chi connectivity index (χ2n) is 4.92. The molecule has 4 heteroatoms. The Morgan fingerprint density at radius 3 is 2.88 bits per heavy atom. The van der Waals surface area contributed by atoms with Crippen LogP contribution < -0.4 is 10.2 Å². The van der Waals surface area contributed by atoms with Gasteiger partial charge in [0.05, 0.1) is 19.6 Å². The van der Waals surface area contributed by atoms with Gasteiger partial charge in [-0.3, -0.25) is 10.2 Å². The summed E-state index contributed by atoms with van der Waals surface area (Å²) < 4.78 is 27.6. The molecule has 17 heavy (non-hydrogen) atoms. The summed E-state index contributed by atoms with van der Waals surface area (Å²) in [6, 6.07) is 3.89. The predicted octanol–water partition coefficient (Wildman–Crippen LogP) is 2.74. The van der Waals surface area contributed by atoms with Gasteiger partial charge < -0.3 is 0 Å². The van der Waals surface area contributed by atoms with Gasteiger partial charge in [0.2, 0.25) is 0 Å². The number of likely N-dealkylation sites (tertiary alicyclic amines) is 1. The zero-order valence-corrected chi connectivity index (χ0v) is 10.0. The van der Waals surface area contributed by atoms with Crippen molar-refractivity contribution >= 4 is 5.69 Å². The first-order valence-electron chi connectivity index (χ1n) is 6.03. The molecule has 2 rings (SSSR count). The molecule has 1 saturated heterocycles. The summed E-state index contributed by atoms with van der Waals surface area (Å²) in [6.07, 6.45) is 2.74. The van der Waals surface area contributed by atoms with E-state index in [4.69, 9.17) is 5.73 Å². The van der Waals surface area contributed by atoms with Gasteiger partial charge >= 0.3 is 0 Å². The minimum atomic E-state index is -0.391. The van der Waals surface area contributed by atoms with Gasteiger partial charge in [-0.25, -0.2) is 8.78 Å². The molecular formula is C13H18F2N2+. The van der Waals surface area contributed by atoms with E-state index in [9.17, 15) is 8.78 Å². The van der Waals surface area contributed by atoms with Gasteiger partial charge in [-0.15, -0.1) is 0 Å². The molecule has 0 bridgehead atoms. The molecule has 1 heterocycles. The highest BCUT2D eigenvalue weighted by Gasteiger charge is 2.41. The number of quaternary nitrogens is 1.